The zero-order valence-electron chi connectivity index (χ0n) is 13.5. The zero-order chi connectivity index (χ0) is 14.8. The Balaban J connectivity index is 1.53. The summed E-state index contributed by atoms with van der Waals surface area (Å²) in [5.41, 5.74) is 6.09. The van der Waals surface area contributed by atoms with E-state index in [1.54, 1.807) is 0 Å². The molecular weight excluding hydrogens is 262 g/mol. The van der Waals surface area contributed by atoms with E-state index in [0.717, 1.165) is 25.9 Å². The van der Waals surface area contributed by atoms with E-state index in [0.29, 0.717) is 23.9 Å². The fourth-order valence-electron chi connectivity index (χ4n) is 4.56. The molecule has 2 aliphatic heterocycles. The maximum absolute atomic E-state index is 12.8. The lowest BCUT2D eigenvalue weighted by Gasteiger charge is -2.33. The number of nitrogens with two attached hydrogens (primary N) is 1. The molecule has 3 rings (SSSR count). The van der Waals surface area contributed by atoms with Gasteiger partial charge in [0, 0.05) is 31.1 Å². The van der Waals surface area contributed by atoms with Crippen LogP contribution in [0.2, 0.25) is 0 Å². The number of rotatable bonds is 3. The first kappa shape index (κ1) is 15.3. The Hall–Kier alpha value is -0.610. The van der Waals surface area contributed by atoms with E-state index in [9.17, 15) is 4.79 Å². The molecule has 1 aliphatic carbocycles. The van der Waals surface area contributed by atoms with Gasteiger partial charge in [0.2, 0.25) is 5.91 Å². The van der Waals surface area contributed by atoms with E-state index in [-0.39, 0.29) is 5.92 Å². The molecule has 0 bridgehead atoms. The SMILES string of the molecule is CC(C(=O)N1CCC(N2CCCC2)C1)C1CCCC(N)C1. The van der Waals surface area contributed by atoms with Crippen LogP contribution >= 0.6 is 0 Å². The summed E-state index contributed by atoms with van der Waals surface area (Å²) < 4.78 is 0. The van der Waals surface area contributed by atoms with Crippen molar-refractivity contribution in [2.75, 3.05) is 26.2 Å². The molecule has 120 valence electrons. The van der Waals surface area contributed by atoms with Crippen molar-refractivity contribution in [2.24, 2.45) is 17.6 Å². The van der Waals surface area contributed by atoms with E-state index >= 15 is 0 Å². The third-order valence-corrected chi connectivity index (χ3v) is 5.98. The maximum atomic E-state index is 12.8. The van der Waals surface area contributed by atoms with Crippen LogP contribution in [0.5, 0.6) is 0 Å². The molecule has 4 heteroatoms. The van der Waals surface area contributed by atoms with Crippen LogP contribution in [0.1, 0.15) is 51.9 Å². The summed E-state index contributed by atoms with van der Waals surface area (Å²) in [4.78, 5) is 17.5. The van der Waals surface area contributed by atoms with Crippen molar-refractivity contribution in [1.29, 1.82) is 0 Å². The van der Waals surface area contributed by atoms with Crippen molar-refractivity contribution in [2.45, 2.75) is 64.0 Å². The molecule has 4 nitrogen and oxygen atoms in total. The Bertz CT molecular complexity index is 367. The van der Waals surface area contributed by atoms with Gasteiger partial charge in [0.1, 0.15) is 0 Å². The number of hydrogen-bond acceptors (Lipinski definition) is 3. The van der Waals surface area contributed by atoms with E-state index in [1.807, 2.05) is 0 Å². The molecule has 3 fully saturated rings. The van der Waals surface area contributed by atoms with Gasteiger partial charge in [-0.15, -0.1) is 0 Å². The molecule has 4 unspecified atom stereocenters. The Morgan fingerprint density at radius 3 is 2.57 bits per heavy atom. The minimum Gasteiger partial charge on any atom is -0.341 e. The molecule has 1 saturated carbocycles. The molecule has 0 aromatic heterocycles. The fourth-order valence-corrected chi connectivity index (χ4v) is 4.56. The second-order valence-electron chi connectivity index (χ2n) is 7.45. The van der Waals surface area contributed by atoms with Crippen LogP contribution in [0.4, 0.5) is 0 Å². The lowest BCUT2D eigenvalue weighted by Crippen LogP contribution is -2.41. The van der Waals surface area contributed by atoms with Gasteiger partial charge in [-0.2, -0.15) is 0 Å². The summed E-state index contributed by atoms with van der Waals surface area (Å²) >= 11 is 0. The van der Waals surface area contributed by atoms with Gasteiger partial charge in [-0.05, 0) is 57.5 Å². The molecule has 0 aromatic carbocycles. The van der Waals surface area contributed by atoms with Gasteiger partial charge in [0.05, 0.1) is 0 Å². The molecule has 2 saturated heterocycles. The third kappa shape index (κ3) is 3.42. The Morgan fingerprint density at radius 2 is 1.86 bits per heavy atom. The second-order valence-corrected chi connectivity index (χ2v) is 7.45. The molecule has 4 atom stereocenters. The van der Waals surface area contributed by atoms with Crippen LogP contribution in [-0.2, 0) is 4.79 Å². The Kier molecular flexibility index (Phi) is 4.85. The molecule has 2 N–H and O–H groups in total. The van der Waals surface area contributed by atoms with E-state index in [4.69, 9.17) is 5.73 Å². The van der Waals surface area contributed by atoms with E-state index in [2.05, 4.69) is 16.7 Å². The number of likely N-dealkylation sites (tertiary alicyclic amines) is 2. The molecule has 0 aromatic rings. The Morgan fingerprint density at radius 1 is 1.10 bits per heavy atom. The summed E-state index contributed by atoms with van der Waals surface area (Å²) in [7, 11) is 0. The molecular formula is C17H31N3O. The van der Waals surface area contributed by atoms with Crippen LogP contribution < -0.4 is 5.73 Å². The topological polar surface area (TPSA) is 49.6 Å². The third-order valence-electron chi connectivity index (χ3n) is 5.98. The van der Waals surface area contributed by atoms with Gasteiger partial charge < -0.3 is 10.6 Å². The van der Waals surface area contributed by atoms with Crippen LogP contribution in [-0.4, -0.2) is 54.0 Å². The van der Waals surface area contributed by atoms with Gasteiger partial charge in [0.15, 0.2) is 0 Å². The lowest BCUT2D eigenvalue weighted by molar-refractivity contribution is -0.136. The van der Waals surface area contributed by atoms with Crippen LogP contribution in [0, 0.1) is 11.8 Å². The number of hydrogen-bond donors (Lipinski definition) is 1. The van der Waals surface area contributed by atoms with Crippen molar-refractivity contribution in [3.8, 4) is 0 Å². The molecule has 21 heavy (non-hydrogen) atoms. The van der Waals surface area contributed by atoms with Gasteiger partial charge in [0.25, 0.3) is 0 Å². The average molecular weight is 293 g/mol. The smallest absolute Gasteiger partial charge is 0.225 e. The number of amides is 1. The van der Waals surface area contributed by atoms with E-state index in [1.165, 1.54) is 45.2 Å². The summed E-state index contributed by atoms with van der Waals surface area (Å²) in [6.07, 6.45) is 8.39. The highest BCUT2D eigenvalue weighted by atomic mass is 16.2. The molecule has 0 spiro atoms. The predicted molar refractivity (Wildman–Crippen MR) is 84.9 cm³/mol. The summed E-state index contributed by atoms with van der Waals surface area (Å²) in [5.74, 6) is 1.05. The second kappa shape index (κ2) is 6.66. The monoisotopic (exact) mass is 293 g/mol. The number of nitrogens with zero attached hydrogens (tertiary/aromatic N) is 2. The lowest BCUT2D eigenvalue weighted by atomic mass is 9.78. The first-order chi connectivity index (χ1) is 10.1. The Labute approximate surface area is 129 Å². The van der Waals surface area contributed by atoms with Crippen molar-refractivity contribution in [3.05, 3.63) is 0 Å². The summed E-state index contributed by atoms with van der Waals surface area (Å²) in [6.45, 7) is 6.53. The maximum Gasteiger partial charge on any atom is 0.225 e. The minimum absolute atomic E-state index is 0.161. The van der Waals surface area contributed by atoms with Gasteiger partial charge >= 0.3 is 0 Å². The van der Waals surface area contributed by atoms with Crippen LogP contribution in [0.3, 0.4) is 0 Å². The van der Waals surface area contributed by atoms with Crippen LogP contribution in [0.25, 0.3) is 0 Å². The van der Waals surface area contributed by atoms with Gasteiger partial charge in [-0.3, -0.25) is 9.69 Å². The van der Waals surface area contributed by atoms with Crippen molar-refractivity contribution in [1.82, 2.24) is 9.80 Å². The normalized spacial score (nSPS) is 36.1. The average Bonchev–Trinajstić information content (AvgIpc) is 3.16. The van der Waals surface area contributed by atoms with Crippen LogP contribution in [0.15, 0.2) is 0 Å². The highest BCUT2D eigenvalue weighted by molar-refractivity contribution is 5.79. The van der Waals surface area contributed by atoms with E-state index < -0.39 is 0 Å². The highest BCUT2D eigenvalue weighted by Crippen LogP contribution is 2.31. The van der Waals surface area contributed by atoms with Crippen molar-refractivity contribution >= 4 is 5.91 Å². The fraction of sp³-hybridized carbons (Fsp3) is 0.941. The first-order valence-electron chi connectivity index (χ1n) is 8.93. The minimum atomic E-state index is 0.161. The van der Waals surface area contributed by atoms with Crippen molar-refractivity contribution < 1.29 is 4.79 Å². The first-order valence-corrected chi connectivity index (χ1v) is 8.93. The molecule has 2 heterocycles. The number of carbonyl (C=O) groups is 1. The molecule has 0 radical (unpaired) electrons. The largest absolute Gasteiger partial charge is 0.341 e. The summed E-state index contributed by atoms with van der Waals surface area (Å²) in [5, 5.41) is 0. The van der Waals surface area contributed by atoms with Crippen molar-refractivity contribution in [3.63, 3.8) is 0 Å². The highest BCUT2D eigenvalue weighted by Gasteiger charge is 2.36. The quantitative estimate of drug-likeness (QED) is 0.864. The molecule has 1 amide bonds. The molecule has 3 aliphatic rings. The number of carbonyl (C=O) groups excluding carboxylic acids is 1. The van der Waals surface area contributed by atoms with Gasteiger partial charge in [-0.25, -0.2) is 0 Å². The van der Waals surface area contributed by atoms with Gasteiger partial charge in [-0.1, -0.05) is 13.3 Å². The zero-order valence-corrected chi connectivity index (χ0v) is 13.5. The summed E-state index contributed by atoms with van der Waals surface area (Å²) in [6, 6.07) is 0.937. The predicted octanol–water partition coefficient (Wildman–Crippen LogP) is 1.84. The standard InChI is InChI=1S/C17H31N3O/c1-13(14-5-4-6-15(18)11-14)17(21)20-10-7-16(12-20)19-8-2-3-9-19/h13-16H,2-12,18H2,1H3.